The van der Waals surface area contributed by atoms with Crippen molar-refractivity contribution in [2.75, 3.05) is 18.4 Å². The van der Waals surface area contributed by atoms with Gasteiger partial charge in [0.15, 0.2) is 0 Å². The molecule has 2 unspecified atom stereocenters. The maximum Gasteiger partial charge on any atom is 0.395 e. The van der Waals surface area contributed by atoms with E-state index in [2.05, 4.69) is 25.6 Å². The third-order valence-corrected chi connectivity index (χ3v) is 5.07. The second-order valence-corrected chi connectivity index (χ2v) is 7.05. The number of aromatic nitrogens is 4. The number of rotatable bonds is 4. The van der Waals surface area contributed by atoms with E-state index < -0.39 is 12.1 Å². The van der Waals surface area contributed by atoms with Crippen LogP contribution >= 0.6 is 0 Å². The van der Waals surface area contributed by atoms with Crippen LogP contribution in [0.1, 0.15) is 45.1 Å². The molecule has 0 saturated carbocycles. The Balaban J connectivity index is 0.00000124. The molecule has 1 aliphatic heterocycles. The highest BCUT2D eigenvalue weighted by molar-refractivity contribution is 5.61. The first-order valence-corrected chi connectivity index (χ1v) is 10.3. The Morgan fingerprint density at radius 1 is 1.20 bits per heavy atom. The second kappa shape index (κ2) is 9.42. The van der Waals surface area contributed by atoms with E-state index in [-0.39, 0.29) is 11.6 Å². The van der Waals surface area contributed by atoms with Crippen molar-refractivity contribution in [2.45, 2.75) is 51.7 Å². The zero-order valence-corrected chi connectivity index (χ0v) is 17.4. The first-order valence-electron chi connectivity index (χ1n) is 10.3. The van der Waals surface area contributed by atoms with Gasteiger partial charge in [-0.25, -0.2) is 15.0 Å². The van der Waals surface area contributed by atoms with E-state index in [0.29, 0.717) is 23.0 Å². The van der Waals surface area contributed by atoms with Gasteiger partial charge in [-0.3, -0.25) is 4.40 Å². The van der Waals surface area contributed by atoms with Gasteiger partial charge in [0.05, 0.1) is 23.5 Å². The Morgan fingerprint density at radius 3 is 2.70 bits per heavy atom. The fourth-order valence-corrected chi connectivity index (χ4v) is 3.36. The molecule has 0 aliphatic carbocycles. The van der Waals surface area contributed by atoms with E-state index in [0.717, 1.165) is 32.9 Å². The normalized spacial score (nSPS) is 17.9. The van der Waals surface area contributed by atoms with Crippen LogP contribution in [0.2, 0.25) is 0 Å². The summed E-state index contributed by atoms with van der Waals surface area (Å²) >= 11 is 0. The van der Waals surface area contributed by atoms with Crippen molar-refractivity contribution in [3.05, 3.63) is 42.4 Å². The Morgan fingerprint density at radius 2 is 2.00 bits per heavy atom. The maximum atomic E-state index is 13.1. The van der Waals surface area contributed by atoms with Crippen LogP contribution in [0.5, 0.6) is 0 Å². The molecule has 162 valence electrons. The Kier molecular flexibility index (Phi) is 6.91. The molecule has 1 fully saturated rings. The number of halogens is 3. The molecule has 0 amide bonds. The number of imidazole rings is 1. The third kappa shape index (κ3) is 4.89. The second-order valence-electron chi connectivity index (χ2n) is 7.05. The monoisotopic (exact) mass is 420 g/mol. The summed E-state index contributed by atoms with van der Waals surface area (Å²) in [4.78, 5) is 13.1. The van der Waals surface area contributed by atoms with E-state index >= 15 is 0 Å². The van der Waals surface area contributed by atoms with Gasteiger partial charge in [-0.05, 0) is 44.0 Å². The quantitative estimate of drug-likeness (QED) is 0.643. The summed E-state index contributed by atoms with van der Waals surface area (Å²) < 4.78 is 40.9. The number of hydrogen-bond acceptors (Lipinski definition) is 5. The number of alkyl halides is 3. The van der Waals surface area contributed by atoms with Crippen molar-refractivity contribution in [1.82, 2.24) is 24.7 Å². The number of pyridine rings is 1. The zero-order valence-electron chi connectivity index (χ0n) is 17.4. The SMILES string of the molecule is CC.CC(c1ccc2ncc(-c3ccnc(NC4CCCNC4)n3)n2c1)C(F)(F)F. The van der Waals surface area contributed by atoms with E-state index in [4.69, 9.17) is 0 Å². The van der Waals surface area contributed by atoms with Crippen LogP contribution in [-0.2, 0) is 0 Å². The lowest BCUT2D eigenvalue weighted by Crippen LogP contribution is -2.38. The number of piperidine rings is 1. The summed E-state index contributed by atoms with van der Waals surface area (Å²) in [5.41, 5.74) is 1.97. The van der Waals surface area contributed by atoms with Crippen LogP contribution in [-0.4, -0.2) is 44.7 Å². The summed E-state index contributed by atoms with van der Waals surface area (Å²) in [5.74, 6) is -1.06. The lowest BCUT2D eigenvalue weighted by atomic mass is 10.0. The van der Waals surface area contributed by atoms with Crippen molar-refractivity contribution >= 4 is 11.6 Å². The molecular formula is C21H27F3N6. The lowest BCUT2D eigenvalue weighted by molar-refractivity contribution is -0.146. The minimum atomic E-state index is -4.30. The van der Waals surface area contributed by atoms with E-state index in [1.165, 1.54) is 12.3 Å². The largest absolute Gasteiger partial charge is 0.395 e. The summed E-state index contributed by atoms with van der Waals surface area (Å²) in [6, 6.07) is 5.04. The highest BCUT2D eigenvalue weighted by Crippen LogP contribution is 2.34. The molecule has 4 heterocycles. The van der Waals surface area contributed by atoms with Crippen LogP contribution in [0.4, 0.5) is 19.1 Å². The van der Waals surface area contributed by atoms with Gasteiger partial charge in [-0.15, -0.1) is 0 Å². The van der Waals surface area contributed by atoms with Gasteiger partial charge in [0.2, 0.25) is 5.95 Å². The maximum absolute atomic E-state index is 13.1. The molecule has 3 aromatic rings. The molecular weight excluding hydrogens is 393 g/mol. The predicted octanol–water partition coefficient (Wildman–Crippen LogP) is 4.65. The van der Waals surface area contributed by atoms with E-state index in [1.54, 1.807) is 28.9 Å². The average molecular weight is 420 g/mol. The van der Waals surface area contributed by atoms with Gasteiger partial charge in [0.25, 0.3) is 0 Å². The smallest absolute Gasteiger partial charge is 0.350 e. The van der Waals surface area contributed by atoms with Crippen molar-refractivity contribution < 1.29 is 13.2 Å². The first-order chi connectivity index (χ1) is 14.4. The number of fused-ring (bicyclic) bond motifs is 1. The molecule has 2 N–H and O–H groups in total. The highest BCUT2D eigenvalue weighted by Gasteiger charge is 2.37. The van der Waals surface area contributed by atoms with Crippen molar-refractivity contribution in [2.24, 2.45) is 0 Å². The minimum absolute atomic E-state index is 0.180. The highest BCUT2D eigenvalue weighted by atomic mass is 19.4. The average Bonchev–Trinajstić information content (AvgIpc) is 3.18. The molecule has 6 nitrogen and oxygen atoms in total. The number of nitrogens with one attached hydrogen (secondary N) is 2. The Labute approximate surface area is 174 Å². The molecule has 1 aliphatic rings. The van der Waals surface area contributed by atoms with Crippen LogP contribution in [0.15, 0.2) is 36.8 Å². The molecule has 0 spiro atoms. The predicted molar refractivity (Wildman–Crippen MR) is 112 cm³/mol. The molecule has 4 rings (SSSR count). The Hall–Kier alpha value is -2.68. The third-order valence-electron chi connectivity index (χ3n) is 5.07. The van der Waals surface area contributed by atoms with Gasteiger partial charge in [-0.2, -0.15) is 13.2 Å². The topological polar surface area (TPSA) is 67.1 Å². The van der Waals surface area contributed by atoms with Gasteiger partial charge in [0, 0.05) is 25.0 Å². The van der Waals surface area contributed by atoms with Gasteiger partial charge in [-0.1, -0.05) is 19.9 Å². The summed E-state index contributed by atoms with van der Waals surface area (Å²) in [6.07, 6.45) is 2.57. The lowest BCUT2D eigenvalue weighted by Gasteiger charge is -2.23. The Bertz CT molecular complexity index is 963. The van der Waals surface area contributed by atoms with E-state index in [1.807, 2.05) is 13.8 Å². The van der Waals surface area contributed by atoms with E-state index in [9.17, 15) is 13.2 Å². The molecule has 1 saturated heterocycles. The van der Waals surface area contributed by atoms with Crippen molar-refractivity contribution in [3.8, 4) is 11.4 Å². The van der Waals surface area contributed by atoms with Crippen molar-refractivity contribution in [3.63, 3.8) is 0 Å². The molecule has 30 heavy (non-hydrogen) atoms. The molecule has 2 atom stereocenters. The zero-order chi connectivity index (χ0) is 21.7. The molecule has 0 aromatic carbocycles. The minimum Gasteiger partial charge on any atom is -0.350 e. The summed E-state index contributed by atoms with van der Waals surface area (Å²) in [7, 11) is 0. The summed E-state index contributed by atoms with van der Waals surface area (Å²) in [5, 5.41) is 6.64. The number of hydrogen-bond donors (Lipinski definition) is 2. The summed E-state index contributed by atoms with van der Waals surface area (Å²) in [6.45, 7) is 7.02. The standard InChI is InChI=1S/C19H21F3N6.C2H6/c1-12(19(20,21)22)13-4-5-17-25-10-16(28(17)11-13)15-6-8-24-18(27-15)26-14-3-2-7-23-9-14;1-2/h4-6,8,10-12,14,23H,2-3,7,9H2,1H3,(H,24,26,27);1-2H3. The molecule has 0 radical (unpaired) electrons. The van der Waals surface area contributed by atoms with Gasteiger partial charge in [0.1, 0.15) is 5.65 Å². The fourth-order valence-electron chi connectivity index (χ4n) is 3.36. The number of nitrogens with zero attached hydrogens (tertiary/aromatic N) is 4. The van der Waals surface area contributed by atoms with Crippen LogP contribution < -0.4 is 10.6 Å². The molecule has 3 aromatic heterocycles. The molecule has 0 bridgehead atoms. The number of anilines is 1. The van der Waals surface area contributed by atoms with Gasteiger partial charge < -0.3 is 10.6 Å². The van der Waals surface area contributed by atoms with Crippen LogP contribution in [0, 0.1) is 0 Å². The van der Waals surface area contributed by atoms with Gasteiger partial charge >= 0.3 is 6.18 Å². The van der Waals surface area contributed by atoms with Crippen molar-refractivity contribution in [1.29, 1.82) is 0 Å². The first kappa shape index (κ1) is 22.0. The fraction of sp³-hybridized carbons (Fsp3) is 0.476. The molecule has 9 heteroatoms. The van der Waals surface area contributed by atoms with Crippen LogP contribution in [0.3, 0.4) is 0 Å². The van der Waals surface area contributed by atoms with Crippen LogP contribution in [0.25, 0.3) is 17.0 Å².